The van der Waals surface area contributed by atoms with Crippen LogP contribution >= 0.6 is 11.3 Å². The molecular weight excluding hydrogens is 436 g/mol. The summed E-state index contributed by atoms with van der Waals surface area (Å²) < 4.78 is 22.6. The van der Waals surface area contributed by atoms with Gasteiger partial charge in [-0.25, -0.2) is 18.5 Å². The van der Waals surface area contributed by atoms with Gasteiger partial charge >= 0.3 is 0 Å². The van der Waals surface area contributed by atoms with E-state index in [0.717, 1.165) is 16.9 Å². The van der Waals surface area contributed by atoms with Crippen LogP contribution in [0.4, 0.5) is 11.5 Å². The molecule has 0 spiro atoms. The quantitative estimate of drug-likeness (QED) is 0.436. The topological polar surface area (TPSA) is 178 Å². The van der Waals surface area contributed by atoms with Crippen molar-refractivity contribution in [3.63, 3.8) is 0 Å². The van der Waals surface area contributed by atoms with Crippen molar-refractivity contribution in [1.82, 2.24) is 10.3 Å². The normalized spacial score (nSPS) is 11.6. The van der Waals surface area contributed by atoms with Gasteiger partial charge in [0.25, 0.3) is 5.91 Å². The zero-order chi connectivity index (χ0) is 22.9. The van der Waals surface area contributed by atoms with Crippen LogP contribution in [0, 0.1) is 11.3 Å². The number of benzene rings is 1. The maximum atomic E-state index is 12.7. The molecule has 162 valence electrons. The summed E-state index contributed by atoms with van der Waals surface area (Å²) >= 11 is 1.13. The molecule has 0 saturated carbocycles. The van der Waals surface area contributed by atoms with Gasteiger partial charge in [0.15, 0.2) is 0 Å². The summed E-state index contributed by atoms with van der Waals surface area (Å²) in [4.78, 5) is 17.8. The number of amides is 1. The average Bonchev–Trinajstić information content (AvgIpc) is 3.02. The third-order valence-corrected chi connectivity index (χ3v) is 6.82. The number of nitrogens with two attached hydrogens (primary N) is 3. The van der Waals surface area contributed by atoms with E-state index in [2.05, 4.69) is 16.4 Å². The van der Waals surface area contributed by atoms with Gasteiger partial charge in [0, 0.05) is 11.9 Å². The SMILES string of the molecule is CC(C)c1c(C#N)c(N)nc2sc(C(=O)NCCc3ccc(S(N)(=O)=O)cc3)c(N)c12. The number of nitrogen functional groups attached to an aromatic ring is 2. The van der Waals surface area contributed by atoms with Gasteiger partial charge in [-0.05, 0) is 35.6 Å². The van der Waals surface area contributed by atoms with E-state index in [1.165, 1.54) is 12.1 Å². The third-order valence-electron chi connectivity index (χ3n) is 4.79. The standard InChI is InChI=1S/C20H22N6O3S2/c1-10(2)14-13(9-21)18(23)26-20-15(14)16(22)17(30-20)19(27)25-8-7-11-3-5-12(6-4-11)31(24,28)29/h3-6,10H,7-8,22H2,1-2H3,(H2,23,26)(H,25,27)(H2,24,28,29). The number of carbonyl (C=O) groups is 1. The van der Waals surface area contributed by atoms with Crippen LogP contribution in [0.25, 0.3) is 10.2 Å². The van der Waals surface area contributed by atoms with Crippen molar-refractivity contribution >= 4 is 49.0 Å². The zero-order valence-electron chi connectivity index (χ0n) is 17.0. The van der Waals surface area contributed by atoms with Crippen LogP contribution in [0.2, 0.25) is 0 Å². The number of hydrogen-bond donors (Lipinski definition) is 4. The summed E-state index contributed by atoms with van der Waals surface area (Å²) in [6.07, 6.45) is 0.489. The van der Waals surface area contributed by atoms with Crippen LogP contribution in [0.1, 0.15) is 46.1 Å². The van der Waals surface area contributed by atoms with Crippen molar-refractivity contribution in [2.45, 2.75) is 31.1 Å². The Kier molecular flexibility index (Phi) is 6.17. The highest BCUT2D eigenvalue weighted by atomic mass is 32.2. The molecule has 2 heterocycles. The lowest BCUT2D eigenvalue weighted by molar-refractivity contribution is 0.0959. The Bertz CT molecular complexity index is 1310. The Morgan fingerprint density at radius 2 is 1.90 bits per heavy atom. The summed E-state index contributed by atoms with van der Waals surface area (Å²) in [5, 5.41) is 18.0. The monoisotopic (exact) mass is 458 g/mol. The Morgan fingerprint density at radius 1 is 1.26 bits per heavy atom. The van der Waals surface area contributed by atoms with Crippen molar-refractivity contribution in [3.8, 4) is 6.07 Å². The molecule has 7 N–H and O–H groups in total. The van der Waals surface area contributed by atoms with E-state index in [-0.39, 0.29) is 33.8 Å². The number of thiophene rings is 1. The maximum Gasteiger partial charge on any atom is 0.263 e. The molecule has 0 fully saturated rings. The van der Waals surface area contributed by atoms with Crippen molar-refractivity contribution < 1.29 is 13.2 Å². The predicted octanol–water partition coefficient (Wildman–Crippen LogP) is 2.08. The van der Waals surface area contributed by atoms with Crippen molar-refractivity contribution in [3.05, 3.63) is 45.8 Å². The number of pyridine rings is 1. The fraction of sp³-hybridized carbons (Fsp3) is 0.250. The van der Waals surface area contributed by atoms with Gasteiger partial charge in [0.1, 0.15) is 21.6 Å². The van der Waals surface area contributed by atoms with E-state index < -0.39 is 10.0 Å². The van der Waals surface area contributed by atoms with Gasteiger partial charge in [0.05, 0.1) is 16.1 Å². The Hall–Kier alpha value is -3.20. The number of sulfonamides is 1. The molecule has 9 nitrogen and oxygen atoms in total. The second-order valence-corrected chi connectivity index (χ2v) is 9.83. The number of hydrogen-bond acceptors (Lipinski definition) is 8. The summed E-state index contributed by atoms with van der Waals surface area (Å²) in [7, 11) is -3.74. The largest absolute Gasteiger partial charge is 0.397 e. The van der Waals surface area contributed by atoms with Gasteiger partial charge in [-0.15, -0.1) is 11.3 Å². The number of carbonyl (C=O) groups excluding carboxylic acids is 1. The van der Waals surface area contributed by atoms with Crippen LogP contribution in [-0.2, 0) is 16.4 Å². The first-order valence-corrected chi connectivity index (χ1v) is 11.7. The summed E-state index contributed by atoms with van der Waals surface area (Å²) in [5.41, 5.74) is 14.3. The average molecular weight is 459 g/mol. The molecule has 0 saturated heterocycles. The lowest BCUT2D eigenvalue weighted by atomic mass is 9.95. The molecule has 0 aliphatic carbocycles. The number of anilines is 2. The highest BCUT2D eigenvalue weighted by Gasteiger charge is 2.24. The molecule has 0 aliphatic rings. The lowest BCUT2D eigenvalue weighted by Gasteiger charge is -2.12. The minimum atomic E-state index is -3.74. The molecule has 2 aromatic heterocycles. The van der Waals surface area contributed by atoms with Crippen LogP contribution in [-0.4, -0.2) is 25.9 Å². The second kappa shape index (κ2) is 8.50. The van der Waals surface area contributed by atoms with E-state index >= 15 is 0 Å². The molecular formula is C20H22N6O3S2. The van der Waals surface area contributed by atoms with E-state index in [0.29, 0.717) is 33.6 Å². The molecule has 31 heavy (non-hydrogen) atoms. The fourth-order valence-corrected chi connectivity index (χ4v) is 4.86. The summed E-state index contributed by atoms with van der Waals surface area (Å²) in [6, 6.07) is 8.22. The number of rotatable bonds is 6. The van der Waals surface area contributed by atoms with Gasteiger partial charge in [-0.1, -0.05) is 26.0 Å². The van der Waals surface area contributed by atoms with E-state index in [1.807, 2.05) is 13.8 Å². The van der Waals surface area contributed by atoms with Crippen LogP contribution in [0.5, 0.6) is 0 Å². The molecule has 0 aliphatic heterocycles. The Morgan fingerprint density at radius 3 is 2.45 bits per heavy atom. The molecule has 0 bridgehead atoms. The molecule has 0 unspecified atom stereocenters. The van der Waals surface area contributed by atoms with Gasteiger partial charge in [-0.3, -0.25) is 4.79 Å². The van der Waals surface area contributed by atoms with E-state index in [4.69, 9.17) is 16.6 Å². The molecule has 3 rings (SSSR count). The van der Waals surface area contributed by atoms with Crippen molar-refractivity contribution in [2.24, 2.45) is 5.14 Å². The van der Waals surface area contributed by atoms with Crippen molar-refractivity contribution in [2.75, 3.05) is 18.0 Å². The highest BCUT2D eigenvalue weighted by Crippen LogP contribution is 2.40. The second-order valence-electron chi connectivity index (χ2n) is 7.27. The first kappa shape index (κ1) is 22.5. The minimum absolute atomic E-state index is 0.0304. The number of primary sulfonamides is 1. The molecule has 0 atom stereocenters. The van der Waals surface area contributed by atoms with Crippen molar-refractivity contribution in [1.29, 1.82) is 5.26 Å². The van der Waals surface area contributed by atoms with E-state index in [1.54, 1.807) is 12.1 Å². The summed E-state index contributed by atoms with van der Waals surface area (Å²) in [6.45, 7) is 4.16. The van der Waals surface area contributed by atoms with Gasteiger partial charge < -0.3 is 16.8 Å². The lowest BCUT2D eigenvalue weighted by Crippen LogP contribution is -2.25. The Labute approximate surface area is 183 Å². The number of nitrogens with one attached hydrogen (secondary N) is 1. The third kappa shape index (κ3) is 4.46. The number of nitriles is 1. The number of aromatic nitrogens is 1. The number of fused-ring (bicyclic) bond motifs is 1. The van der Waals surface area contributed by atoms with Crippen LogP contribution < -0.4 is 21.9 Å². The van der Waals surface area contributed by atoms with Crippen LogP contribution in [0.3, 0.4) is 0 Å². The highest BCUT2D eigenvalue weighted by molar-refractivity contribution is 7.89. The minimum Gasteiger partial charge on any atom is -0.397 e. The first-order valence-electron chi connectivity index (χ1n) is 9.36. The molecule has 0 radical (unpaired) electrons. The van der Waals surface area contributed by atoms with Gasteiger partial charge in [0.2, 0.25) is 10.0 Å². The number of nitrogens with zero attached hydrogens (tertiary/aromatic N) is 2. The van der Waals surface area contributed by atoms with Crippen LogP contribution in [0.15, 0.2) is 29.2 Å². The summed E-state index contributed by atoms with van der Waals surface area (Å²) in [5.74, 6) is -0.265. The fourth-order valence-electron chi connectivity index (χ4n) is 3.31. The zero-order valence-corrected chi connectivity index (χ0v) is 18.6. The molecule has 1 aromatic carbocycles. The maximum absolute atomic E-state index is 12.7. The molecule has 11 heteroatoms. The molecule has 1 amide bonds. The predicted molar refractivity (Wildman–Crippen MR) is 121 cm³/mol. The molecule has 3 aromatic rings. The Balaban J connectivity index is 1.81. The smallest absolute Gasteiger partial charge is 0.263 e. The van der Waals surface area contributed by atoms with E-state index in [9.17, 15) is 18.5 Å². The van der Waals surface area contributed by atoms with Gasteiger partial charge in [-0.2, -0.15) is 5.26 Å². The first-order chi connectivity index (χ1) is 14.5.